The first-order chi connectivity index (χ1) is 9.17. The fraction of sp³-hybridized carbons (Fsp3) is 0.769. The molecule has 6 nitrogen and oxygen atoms in total. The zero-order chi connectivity index (χ0) is 14.1. The molecule has 1 unspecified atom stereocenters. The van der Waals surface area contributed by atoms with Crippen LogP contribution in [0, 0.1) is 0 Å². The highest BCUT2D eigenvalue weighted by atomic mass is 35.5. The van der Waals surface area contributed by atoms with E-state index in [1.54, 1.807) is 17.9 Å². The summed E-state index contributed by atoms with van der Waals surface area (Å²) in [5.41, 5.74) is 0. The molecule has 1 N–H and O–H groups in total. The Labute approximate surface area is 126 Å². The smallest absolute Gasteiger partial charge is 0.409 e. The van der Waals surface area contributed by atoms with Crippen LogP contribution in [0.2, 0.25) is 0 Å². The maximum absolute atomic E-state index is 11.5. The summed E-state index contributed by atoms with van der Waals surface area (Å²) >= 11 is 0. The topological polar surface area (TPSA) is 62.2 Å². The number of aliphatic hydroxyl groups excluding tert-OH is 1. The molecule has 118 valence electrons. The summed E-state index contributed by atoms with van der Waals surface area (Å²) in [6, 6.07) is 0. The largest absolute Gasteiger partial charge is 0.450 e. The summed E-state index contributed by atoms with van der Waals surface area (Å²) < 4.78 is 10.2. The number of piperazine rings is 1. The normalized spacial score (nSPS) is 17.2. The van der Waals surface area contributed by atoms with Crippen LogP contribution in [-0.2, 0) is 9.47 Å². The van der Waals surface area contributed by atoms with Gasteiger partial charge in [-0.05, 0) is 6.92 Å². The summed E-state index contributed by atoms with van der Waals surface area (Å²) in [6.07, 6.45) is 0.899. The molecule has 1 amide bonds. The van der Waals surface area contributed by atoms with Crippen LogP contribution in [0.25, 0.3) is 0 Å². The number of β-amino-alcohol motifs (C(OH)–C–C–N with tert-alkyl or cyclic N) is 1. The van der Waals surface area contributed by atoms with Gasteiger partial charge in [0.05, 0.1) is 25.9 Å². The van der Waals surface area contributed by atoms with Gasteiger partial charge in [0.1, 0.15) is 0 Å². The predicted molar refractivity (Wildman–Crippen MR) is 79.3 cm³/mol. The van der Waals surface area contributed by atoms with Crippen LogP contribution in [0.4, 0.5) is 4.79 Å². The number of hydrogen-bond acceptors (Lipinski definition) is 5. The van der Waals surface area contributed by atoms with Gasteiger partial charge in [-0.25, -0.2) is 4.79 Å². The van der Waals surface area contributed by atoms with E-state index in [2.05, 4.69) is 11.5 Å². The van der Waals surface area contributed by atoms with Gasteiger partial charge in [-0.3, -0.25) is 4.90 Å². The molecule has 0 aromatic carbocycles. The Hall–Kier alpha value is -0.820. The first-order valence-corrected chi connectivity index (χ1v) is 6.68. The fourth-order valence-corrected chi connectivity index (χ4v) is 1.97. The van der Waals surface area contributed by atoms with Crippen LogP contribution in [0.5, 0.6) is 0 Å². The second kappa shape index (κ2) is 10.9. The van der Waals surface area contributed by atoms with E-state index in [4.69, 9.17) is 9.47 Å². The number of halogens is 1. The molecule has 1 atom stereocenters. The highest BCUT2D eigenvalue weighted by Crippen LogP contribution is 2.05. The second-order valence-corrected chi connectivity index (χ2v) is 4.47. The lowest BCUT2D eigenvalue weighted by Gasteiger charge is -2.34. The zero-order valence-electron chi connectivity index (χ0n) is 12.0. The van der Waals surface area contributed by atoms with Gasteiger partial charge in [0.25, 0.3) is 0 Å². The van der Waals surface area contributed by atoms with Crippen molar-refractivity contribution in [2.24, 2.45) is 0 Å². The summed E-state index contributed by atoms with van der Waals surface area (Å²) in [4.78, 5) is 15.3. The molecular formula is C13H25ClN2O4. The minimum absolute atomic E-state index is 0. The number of rotatable bonds is 7. The molecule has 0 aromatic rings. The first-order valence-electron chi connectivity index (χ1n) is 6.68. The average molecular weight is 309 g/mol. The van der Waals surface area contributed by atoms with E-state index >= 15 is 0 Å². The molecule has 1 fully saturated rings. The molecule has 0 saturated carbocycles. The van der Waals surface area contributed by atoms with Crippen molar-refractivity contribution in [2.45, 2.75) is 13.0 Å². The monoisotopic (exact) mass is 308 g/mol. The van der Waals surface area contributed by atoms with Crippen molar-refractivity contribution in [1.82, 2.24) is 9.80 Å². The minimum atomic E-state index is -0.505. The summed E-state index contributed by atoms with van der Waals surface area (Å²) in [5, 5.41) is 9.78. The second-order valence-electron chi connectivity index (χ2n) is 4.47. The number of hydrogen-bond donors (Lipinski definition) is 1. The summed E-state index contributed by atoms with van der Waals surface area (Å²) in [5.74, 6) is 0. The van der Waals surface area contributed by atoms with Crippen molar-refractivity contribution in [1.29, 1.82) is 0 Å². The third kappa shape index (κ3) is 7.09. The molecule has 1 heterocycles. The quantitative estimate of drug-likeness (QED) is 0.555. The summed E-state index contributed by atoms with van der Waals surface area (Å²) in [7, 11) is 0. The number of carbonyl (C=O) groups excluding carboxylic acids is 1. The van der Waals surface area contributed by atoms with Gasteiger partial charge in [-0.1, -0.05) is 6.08 Å². The molecule has 0 aromatic heterocycles. The van der Waals surface area contributed by atoms with Crippen LogP contribution in [0.1, 0.15) is 6.92 Å². The lowest BCUT2D eigenvalue weighted by Crippen LogP contribution is -2.50. The van der Waals surface area contributed by atoms with Crippen LogP contribution >= 0.6 is 12.4 Å². The molecule has 1 rings (SSSR count). The number of nitrogens with zero attached hydrogens (tertiary/aromatic N) is 2. The average Bonchev–Trinajstić information content (AvgIpc) is 2.40. The van der Waals surface area contributed by atoms with E-state index in [0.29, 0.717) is 39.5 Å². The molecule has 0 spiro atoms. The Morgan fingerprint density at radius 3 is 2.60 bits per heavy atom. The van der Waals surface area contributed by atoms with Crippen molar-refractivity contribution in [2.75, 3.05) is 52.5 Å². The third-order valence-corrected chi connectivity index (χ3v) is 2.91. The Bertz CT molecular complexity index is 284. The number of carbonyl (C=O) groups is 1. The SMILES string of the molecule is C=CCOCC(O)CN1CCN(C(=O)OCC)CC1.Cl. The first kappa shape index (κ1) is 19.2. The van der Waals surface area contributed by atoms with Gasteiger partial charge < -0.3 is 19.5 Å². The number of aliphatic hydroxyl groups is 1. The molecule has 1 aliphatic heterocycles. The van der Waals surface area contributed by atoms with E-state index in [9.17, 15) is 9.90 Å². The molecule has 0 aliphatic carbocycles. The van der Waals surface area contributed by atoms with Gasteiger partial charge in [0.2, 0.25) is 0 Å². The van der Waals surface area contributed by atoms with Gasteiger partial charge in [-0.2, -0.15) is 0 Å². The Morgan fingerprint density at radius 1 is 1.40 bits per heavy atom. The third-order valence-electron chi connectivity index (χ3n) is 2.91. The molecular weight excluding hydrogens is 284 g/mol. The molecule has 7 heteroatoms. The maximum Gasteiger partial charge on any atom is 0.409 e. The standard InChI is InChI=1S/C13H24N2O4.ClH/c1-3-9-18-11-12(16)10-14-5-7-15(8-6-14)13(17)19-4-2;/h3,12,16H,1,4-11H2,2H3;1H. The van der Waals surface area contributed by atoms with Crippen molar-refractivity contribution < 1.29 is 19.4 Å². The highest BCUT2D eigenvalue weighted by Gasteiger charge is 2.23. The highest BCUT2D eigenvalue weighted by molar-refractivity contribution is 5.85. The lowest BCUT2D eigenvalue weighted by atomic mass is 10.3. The Kier molecular flexibility index (Phi) is 10.5. The fourth-order valence-electron chi connectivity index (χ4n) is 1.97. The van der Waals surface area contributed by atoms with E-state index in [1.165, 1.54) is 0 Å². The van der Waals surface area contributed by atoms with Crippen molar-refractivity contribution in [3.8, 4) is 0 Å². The van der Waals surface area contributed by atoms with Gasteiger partial charge in [0, 0.05) is 32.7 Å². The number of ether oxygens (including phenoxy) is 2. The Morgan fingerprint density at radius 2 is 2.05 bits per heavy atom. The maximum atomic E-state index is 11.5. The summed E-state index contributed by atoms with van der Waals surface area (Å²) in [6.45, 7) is 9.84. The van der Waals surface area contributed by atoms with Gasteiger partial charge >= 0.3 is 6.09 Å². The van der Waals surface area contributed by atoms with Crippen molar-refractivity contribution >= 4 is 18.5 Å². The molecule has 20 heavy (non-hydrogen) atoms. The van der Waals surface area contributed by atoms with Crippen molar-refractivity contribution in [3.63, 3.8) is 0 Å². The van der Waals surface area contributed by atoms with Crippen LogP contribution < -0.4 is 0 Å². The van der Waals surface area contributed by atoms with E-state index in [0.717, 1.165) is 13.1 Å². The van der Waals surface area contributed by atoms with E-state index < -0.39 is 6.10 Å². The van der Waals surface area contributed by atoms with E-state index in [-0.39, 0.29) is 18.5 Å². The molecule has 1 aliphatic rings. The van der Waals surface area contributed by atoms with Gasteiger partial charge in [0.15, 0.2) is 0 Å². The van der Waals surface area contributed by atoms with E-state index in [1.807, 2.05) is 0 Å². The molecule has 0 bridgehead atoms. The van der Waals surface area contributed by atoms with Crippen LogP contribution in [0.15, 0.2) is 12.7 Å². The number of amides is 1. The Balaban J connectivity index is 0.00000361. The van der Waals surface area contributed by atoms with Crippen LogP contribution in [0.3, 0.4) is 0 Å². The zero-order valence-corrected chi connectivity index (χ0v) is 12.8. The van der Waals surface area contributed by atoms with Crippen LogP contribution in [-0.4, -0.2) is 79.6 Å². The lowest BCUT2D eigenvalue weighted by molar-refractivity contribution is 0.0140. The van der Waals surface area contributed by atoms with Crippen molar-refractivity contribution in [3.05, 3.63) is 12.7 Å². The predicted octanol–water partition coefficient (Wildman–Crippen LogP) is 0.746. The van der Waals surface area contributed by atoms with Gasteiger partial charge in [-0.15, -0.1) is 19.0 Å². The minimum Gasteiger partial charge on any atom is -0.450 e. The molecule has 1 saturated heterocycles. The molecule has 0 radical (unpaired) electrons.